The van der Waals surface area contributed by atoms with E-state index in [1.807, 2.05) is 30.3 Å². The van der Waals surface area contributed by atoms with Gasteiger partial charge in [0.2, 0.25) is 0 Å². The van der Waals surface area contributed by atoms with Crippen LogP contribution in [-0.2, 0) is 11.4 Å². The highest BCUT2D eigenvalue weighted by molar-refractivity contribution is 9.10. The monoisotopic (exact) mass is 599 g/mol. The standard InChI is InChI=1S/C25H19Br2N3O5/c1-15-3-8-21(22(9-15)30(32)33)29-25(31)18(13-28)10-17-11-20(27)24(23(12-17)34-2)35-14-16-4-6-19(26)7-5-16/h3-12H,14H2,1-2H3,(H,29,31)/b18-10+. The Morgan fingerprint density at radius 1 is 1.17 bits per heavy atom. The minimum absolute atomic E-state index is 0.00204. The van der Waals surface area contributed by atoms with Crippen molar-refractivity contribution < 1.29 is 19.2 Å². The Morgan fingerprint density at radius 3 is 2.51 bits per heavy atom. The van der Waals surface area contributed by atoms with Crippen molar-refractivity contribution >= 4 is 55.2 Å². The van der Waals surface area contributed by atoms with Gasteiger partial charge in [0.1, 0.15) is 23.9 Å². The first kappa shape index (κ1) is 25.9. The van der Waals surface area contributed by atoms with Crippen molar-refractivity contribution in [3.63, 3.8) is 0 Å². The molecule has 0 spiro atoms. The number of nitriles is 1. The normalized spacial score (nSPS) is 10.9. The molecule has 0 aliphatic heterocycles. The summed E-state index contributed by atoms with van der Waals surface area (Å²) < 4.78 is 12.9. The van der Waals surface area contributed by atoms with Gasteiger partial charge in [0.25, 0.3) is 11.6 Å². The molecule has 0 unspecified atom stereocenters. The number of halogens is 2. The van der Waals surface area contributed by atoms with E-state index >= 15 is 0 Å². The van der Waals surface area contributed by atoms with Gasteiger partial charge in [-0.1, -0.05) is 34.1 Å². The van der Waals surface area contributed by atoms with Gasteiger partial charge in [-0.3, -0.25) is 14.9 Å². The number of amides is 1. The third-order valence-electron chi connectivity index (χ3n) is 4.82. The third-order valence-corrected chi connectivity index (χ3v) is 5.94. The molecule has 1 amide bonds. The number of nitro groups is 1. The van der Waals surface area contributed by atoms with E-state index in [9.17, 15) is 20.2 Å². The average Bonchev–Trinajstić information content (AvgIpc) is 2.83. The zero-order valence-corrected chi connectivity index (χ0v) is 21.8. The Labute approximate surface area is 218 Å². The van der Waals surface area contributed by atoms with Crippen molar-refractivity contribution in [3.8, 4) is 17.6 Å². The van der Waals surface area contributed by atoms with E-state index in [2.05, 4.69) is 37.2 Å². The number of anilines is 1. The maximum atomic E-state index is 12.7. The Morgan fingerprint density at radius 2 is 1.89 bits per heavy atom. The minimum atomic E-state index is -0.773. The van der Waals surface area contributed by atoms with Gasteiger partial charge in [0, 0.05) is 10.5 Å². The summed E-state index contributed by atoms with van der Waals surface area (Å²) in [5.74, 6) is 0.0884. The van der Waals surface area contributed by atoms with Crippen LogP contribution in [0.15, 0.2) is 69.1 Å². The predicted molar refractivity (Wildman–Crippen MR) is 139 cm³/mol. The van der Waals surface area contributed by atoms with E-state index in [1.54, 1.807) is 25.1 Å². The third kappa shape index (κ3) is 6.68. The number of hydrogen-bond acceptors (Lipinski definition) is 6. The van der Waals surface area contributed by atoms with Crippen LogP contribution in [0.25, 0.3) is 6.08 Å². The summed E-state index contributed by atoms with van der Waals surface area (Å²) in [6.45, 7) is 2.01. The summed E-state index contributed by atoms with van der Waals surface area (Å²) in [6.07, 6.45) is 1.36. The summed E-state index contributed by atoms with van der Waals surface area (Å²) in [4.78, 5) is 23.4. The number of nitrogens with zero attached hydrogens (tertiary/aromatic N) is 2. The van der Waals surface area contributed by atoms with Gasteiger partial charge in [-0.25, -0.2) is 0 Å². The highest BCUT2D eigenvalue weighted by atomic mass is 79.9. The predicted octanol–water partition coefficient (Wildman–Crippen LogP) is 6.56. The second-order valence-electron chi connectivity index (χ2n) is 7.35. The van der Waals surface area contributed by atoms with Crippen LogP contribution in [-0.4, -0.2) is 17.9 Å². The van der Waals surface area contributed by atoms with Crippen molar-refractivity contribution in [2.45, 2.75) is 13.5 Å². The molecule has 0 aliphatic rings. The molecule has 0 aliphatic carbocycles. The second kappa shape index (κ2) is 11.6. The summed E-state index contributed by atoms with van der Waals surface area (Å²) >= 11 is 6.85. The first-order valence-corrected chi connectivity index (χ1v) is 11.7. The highest BCUT2D eigenvalue weighted by Crippen LogP contribution is 2.38. The molecule has 1 N–H and O–H groups in total. The lowest BCUT2D eigenvalue weighted by Gasteiger charge is -2.14. The number of carbonyl (C=O) groups excluding carboxylic acids is 1. The van der Waals surface area contributed by atoms with Crippen LogP contribution in [0.1, 0.15) is 16.7 Å². The van der Waals surface area contributed by atoms with E-state index in [-0.39, 0.29) is 16.9 Å². The SMILES string of the molecule is COc1cc(/C=C(\C#N)C(=O)Nc2ccc(C)cc2[N+](=O)[O-])cc(Br)c1OCc1ccc(Br)cc1. The number of aryl methyl sites for hydroxylation is 1. The zero-order chi connectivity index (χ0) is 25.5. The first-order valence-electron chi connectivity index (χ1n) is 10.1. The molecule has 3 aromatic carbocycles. The van der Waals surface area contributed by atoms with Gasteiger partial charge in [-0.05, 0) is 76.0 Å². The van der Waals surface area contributed by atoms with Crippen molar-refractivity contribution in [1.29, 1.82) is 5.26 Å². The van der Waals surface area contributed by atoms with Gasteiger partial charge in [-0.15, -0.1) is 0 Å². The molecule has 0 radical (unpaired) electrons. The smallest absolute Gasteiger partial charge is 0.293 e. The molecule has 3 aromatic rings. The van der Waals surface area contributed by atoms with E-state index < -0.39 is 10.8 Å². The van der Waals surface area contributed by atoms with Crippen LogP contribution >= 0.6 is 31.9 Å². The zero-order valence-electron chi connectivity index (χ0n) is 18.7. The van der Waals surface area contributed by atoms with Gasteiger partial charge in [0.15, 0.2) is 11.5 Å². The molecule has 0 heterocycles. The number of methoxy groups -OCH3 is 1. The average molecular weight is 601 g/mol. The minimum Gasteiger partial charge on any atom is -0.493 e. The van der Waals surface area contributed by atoms with Crippen molar-refractivity contribution in [1.82, 2.24) is 0 Å². The number of benzene rings is 3. The van der Waals surface area contributed by atoms with Crippen LogP contribution in [0.4, 0.5) is 11.4 Å². The Hall–Kier alpha value is -3.68. The number of carbonyl (C=O) groups is 1. The number of nitrogens with one attached hydrogen (secondary N) is 1. The second-order valence-corrected chi connectivity index (χ2v) is 9.12. The van der Waals surface area contributed by atoms with Gasteiger partial charge >= 0.3 is 0 Å². The molecule has 10 heteroatoms. The van der Waals surface area contributed by atoms with E-state index in [0.717, 1.165) is 10.0 Å². The summed E-state index contributed by atoms with van der Waals surface area (Å²) in [5.41, 5.74) is 1.63. The molecule has 8 nitrogen and oxygen atoms in total. The number of nitro benzene ring substituents is 1. The molecule has 35 heavy (non-hydrogen) atoms. The lowest BCUT2D eigenvalue weighted by atomic mass is 10.1. The maximum Gasteiger partial charge on any atom is 0.293 e. The number of hydrogen-bond donors (Lipinski definition) is 1. The van der Waals surface area contributed by atoms with Crippen LogP contribution in [0, 0.1) is 28.4 Å². The molecule has 0 saturated heterocycles. The molecule has 0 fully saturated rings. The molecule has 178 valence electrons. The van der Waals surface area contributed by atoms with Crippen LogP contribution in [0.5, 0.6) is 11.5 Å². The van der Waals surface area contributed by atoms with E-state index in [0.29, 0.717) is 33.7 Å². The van der Waals surface area contributed by atoms with Crippen molar-refractivity contribution in [2.75, 3.05) is 12.4 Å². The Kier molecular flexibility index (Phi) is 8.63. The van der Waals surface area contributed by atoms with Crippen molar-refractivity contribution in [3.05, 3.63) is 95.9 Å². The topological polar surface area (TPSA) is 114 Å². The van der Waals surface area contributed by atoms with Gasteiger partial charge in [-0.2, -0.15) is 5.26 Å². The maximum absolute atomic E-state index is 12.7. The Balaban J connectivity index is 1.84. The fraction of sp³-hybridized carbons (Fsp3) is 0.120. The van der Waals surface area contributed by atoms with E-state index in [4.69, 9.17) is 9.47 Å². The van der Waals surface area contributed by atoms with Crippen molar-refractivity contribution in [2.24, 2.45) is 0 Å². The lowest BCUT2D eigenvalue weighted by molar-refractivity contribution is -0.384. The number of rotatable bonds is 8. The largest absolute Gasteiger partial charge is 0.493 e. The van der Waals surface area contributed by atoms with Gasteiger partial charge < -0.3 is 14.8 Å². The van der Waals surface area contributed by atoms with Crippen LogP contribution < -0.4 is 14.8 Å². The van der Waals surface area contributed by atoms with Crippen LogP contribution in [0.3, 0.4) is 0 Å². The molecule has 0 aromatic heterocycles. The summed E-state index contributed by atoms with van der Waals surface area (Å²) in [7, 11) is 1.48. The molecule has 3 rings (SSSR count). The first-order chi connectivity index (χ1) is 16.7. The molecule has 0 saturated carbocycles. The molecule has 0 bridgehead atoms. The molecule has 0 atom stereocenters. The lowest BCUT2D eigenvalue weighted by Crippen LogP contribution is -2.14. The van der Waals surface area contributed by atoms with Gasteiger partial charge in [0.05, 0.1) is 16.5 Å². The van der Waals surface area contributed by atoms with E-state index in [1.165, 1.54) is 25.3 Å². The summed E-state index contributed by atoms with van der Waals surface area (Å²) in [6, 6.07) is 17.2. The fourth-order valence-electron chi connectivity index (χ4n) is 3.10. The fourth-order valence-corrected chi connectivity index (χ4v) is 3.94. The summed E-state index contributed by atoms with van der Waals surface area (Å²) in [5, 5.41) is 23.3. The molecular weight excluding hydrogens is 582 g/mol. The highest BCUT2D eigenvalue weighted by Gasteiger charge is 2.19. The van der Waals surface area contributed by atoms with Crippen LogP contribution in [0.2, 0.25) is 0 Å². The Bertz CT molecular complexity index is 1350. The molecular formula is C25H19Br2N3O5. The number of ether oxygens (including phenoxy) is 2. The quantitative estimate of drug-likeness (QED) is 0.135.